The second-order valence-electron chi connectivity index (χ2n) is 6.40. The summed E-state index contributed by atoms with van der Waals surface area (Å²) in [5.41, 5.74) is -0.404. The van der Waals surface area contributed by atoms with Gasteiger partial charge >= 0.3 is 0 Å². The molecule has 4 heteroatoms. The lowest BCUT2D eigenvalue weighted by Gasteiger charge is -2.20. The molecule has 4 nitrogen and oxygen atoms in total. The molecule has 0 spiro atoms. The lowest BCUT2D eigenvalue weighted by Crippen LogP contribution is -2.41. The highest BCUT2D eigenvalue weighted by molar-refractivity contribution is 5.76. The molecule has 0 rings (SSSR count). The molecule has 0 aliphatic rings. The highest BCUT2D eigenvalue weighted by atomic mass is 16.1. The van der Waals surface area contributed by atoms with Crippen LogP contribution in [0.5, 0.6) is 0 Å². The van der Waals surface area contributed by atoms with Gasteiger partial charge in [-0.25, -0.2) is 0 Å². The number of nitrogens with zero attached hydrogens (tertiary/aromatic N) is 1. The van der Waals surface area contributed by atoms with Crippen LogP contribution in [0.2, 0.25) is 0 Å². The fourth-order valence-corrected chi connectivity index (χ4v) is 1.52. The zero-order chi connectivity index (χ0) is 14.2. The number of carbonyl (C=O) groups is 1. The summed E-state index contributed by atoms with van der Waals surface area (Å²) in [5.74, 6) is 0.0763. The van der Waals surface area contributed by atoms with E-state index in [1.54, 1.807) is 0 Å². The molecule has 0 radical (unpaired) electrons. The van der Waals surface area contributed by atoms with Gasteiger partial charge in [0.05, 0.1) is 11.5 Å². The normalized spacial score (nSPS) is 12.0. The summed E-state index contributed by atoms with van der Waals surface area (Å²) in [6.07, 6.45) is 2.34. The Morgan fingerprint density at radius 2 is 1.78 bits per heavy atom. The van der Waals surface area contributed by atoms with Crippen molar-refractivity contribution in [3.8, 4) is 6.07 Å². The van der Waals surface area contributed by atoms with Crippen LogP contribution in [-0.2, 0) is 4.79 Å². The Balaban J connectivity index is 3.53. The van der Waals surface area contributed by atoms with Gasteiger partial charge in [-0.3, -0.25) is 4.79 Å². The molecule has 0 aromatic rings. The van der Waals surface area contributed by atoms with Crippen LogP contribution in [0.1, 0.15) is 53.9 Å². The van der Waals surface area contributed by atoms with E-state index in [4.69, 9.17) is 5.26 Å². The Morgan fingerprint density at radius 3 is 2.28 bits per heavy atom. The van der Waals surface area contributed by atoms with E-state index in [0.29, 0.717) is 13.0 Å². The van der Waals surface area contributed by atoms with E-state index < -0.39 is 0 Å². The summed E-state index contributed by atoms with van der Waals surface area (Å²) in [6.45, 7) is 11.4. The van der Waals surface area contributed by atoms with Gasteiger partial charge in [-0.15, -0.1) is 0 Å². The van der Waals surface area contributed by atoms with Crippen LogP contribution in [-0.4, -0.2) is 24.5 Å². The predicted octanol–water partition coefficient (Wildman–Crippen LogP) is 2.21. The topological polar surface area (TPSA) is 64.9 Å². The summed E-state index contributed by atoms with van der Waals surface area (Å²) >= 11 is 0. The zero-order valence-corrected chi connectivity index (χ0v) is 12.4. The molecule has 1 amide bonds. The van der Waals surface area contributed by atoms with Gasteiger partial charge in [-0.05, 0) is 54.0 Å². The molecule has 0 heterocycles. The van der Waals surface area contributed by atoms with Crippen molar-refractivity contribution < 1.29 is 4.79 Å². The van der Waals surface area contributed by atoms with E-state index in [1.807, 2.05) is 34.6 Å². The van der Waals surface area contributed by atoms with Crippen LogP contribution in [0.3, 0.4) is 0 Å². The third-order valence-corrected chi connectivity index (χ3v) is 2.50. The fourth-order valence-electron chi connectivity index (χ4n) is 1.52. The molecule has 18 heavy (non-hydrogen) atoms. The minimum absolute atomic E-state index is 0.0763. The number of nitrogens with one attached hydrogen (secondary N) is 2. The SMILES string of the molecule is CC(C)(C#N)CCCNCCC(=O)NC(C)(C)C. The van der Waals surface area contributed by atoms with Crippen molar-refractivity contribution in [1.29, 1.82) is 5.26 Å². The largest absolute Gasteiger partial charge is 0.351 e. The van der Waals surface area contributed by atoms with Crippen molar-refractivity contribution in [2.24, 2.45) is 5.41 Å². The van der Waals surface area contributed by atoms with E-state index in [1.165, 1.54) is 0 Å². The molecule has 104 valence electrons. The van der Waals surface area contributed by atoms with Crippen LogP contribution < -0.4 is 10.6 Å². The molecular formula is C14H27N3O. The molecule has 0 saturated carbocycles. The summed E-state index contributed by atoms with van der Waals surface area (Å²) in [7, 11) is 0. The lowest BCUT2D eigenvalue weighted by atomic mass is 9.90. The first-order chi connectivity index (χ1) is 8.16. The number of amides is 1. The Morgan fingerprint density at radius 1 is 1.17 bits per heavy atom. The maximum absolute atomic E-state index is 11.5. The third kappa shape index (κ3) is 10.1. The second kappa shape index (κ2) is 7.38. The van der Waals surface area contributed by atoms with Gasteiger partial charge in [0, 0.05) is 18.5 Å². The van der Waals surface area contributed by atoms with Gasteiger partial charge in [0.15, 0.2) is 0 Å². The Hall–Kier alpha value is -1.08. The second-order valence-corrected chi connectivity index (χ2v) is 6.40. The quantitative estimate of drug-likeness (QED) is 0.684. The first kappa shape index (κ1) is 16.9. The molecule has 0 aromatic heterocycles. The molecule has 0 saturated heterocycles. The van der Waals surface area contributed by atoms with Gasteiger partial charge in [0.25, 0.3) is 0 Å². The number of carbonyl (C=O) groups excluding carboxylic acids is 1. The summed E-state index contributed by atoms with van der Waals surface area (Å²) in [5, 5.41) is 15.0. The summed E-state index contributed by atoms with van der Waals surface area (Å²) in [6, 6.07) is 2.28. The van der Waals surface area contributed by atoms with Crippen LogP contribution in [0.4, 0.5) is 0 Å². The molecule has 0 atom stereocenters. The van der Waals surface area contributed by atoms with Crippen molar-refractivity contribution >= 4 is 5.91 Å². The van der Waals surface area contributed by atoms with Gasteiger partial charge in [-0.1, -0.05) is 0 Å². The Labute approximate surface area is 111 Å². The molecule has 0 aliphatic heterocycles. The van der Waals surface area contributed by atoms with Crippen molar-refractivity contribution in [3.05, 3.63) is 0 Å². The van der Waals surface area contributed by atoms with Gasteiger partial charge in [-0.2, -0.15) is 5.26 Å². The van der Waals surface area contributed by atoms with Crippen LogP contribution in [0.25, 0.3) is 0 Å². The standard InChI is InChI=1S/C14H27N3O/c1-13(2,3)17-12(18)7-10-16-9-6-8-14(4,5)11-15/h16H,6-10H2,1-5H3,(H,17,18). The van der Waals surface area contributed by atoms with Gasteiger partial charge < -0.3 is 10.6 Å². The predicted molar refractivity (Wildman–Crippen MR) is 74.0 cm³/mol. The van der Waals surface area contributed by atoms with Crippen LogP contribution in [0.15, 0.2) is 0 Å². The fraction of sp³-hybridized carbons (Fsp3) is 0.857. The molecular weight excluding hydrogens is 226 g/mol. The number of nitriles is 1. The maximum Gasteiger partial charge on any atom is 0.221 e. The minimum Gasteiger partial charge on any atom is -0.351 e. The third-order valence-electron chi connectivity index (χ3n) is 2.50. The van der Waals surface area contributed by atoms with E-state index in [0.717, 1.165) is 19.4 Å². The van der Waals surface area contributed by atoms with Crippen LogP contribution >= 0.6 is 0 Å². The summed E-state index contributed by atoms with van der Waals surface area (Å²) < 4.78 is 0. The van der Waals surface area contributed by atoms with E-state index in [2.05, 4.69) is 16.7 Å². The van der Waals surface area contributed by atoms with E-state index in [-0.39, 0.29) is 16.9 Å². The molecule has 0 bridgehead atoms. The average molecular weight is 253 g/mol. The molecule has 0 aliphatic carbocycles. The molecule has 0 unspecified atom stereocenters. The molecule has 0 aromatic carbocycles. The number of hydrogen-bond acceptors (Lipinski definition) is 3. The van der Waals surface area contributed by atoms with Gasteiger partial charge in [0.1, 0.15) is 0 Å². The Kier molecular flexibility index (Phi) is 6.93. The first-order valence-corrected chi connectivity index (χ1v) is 6.59. The van der Waals surface area contributed by atoms with E-state index >= 15 is 0 Å². The first-order valence-electron chi connectivity index (χ1n) is 6.59. The highest BCUT2D eigenvalue weighted by Gasteiger charge is 2.15. The van der Waals surface area contributed by atoms with Gasteiger partial charge in [0.2, 0.25) is 5.91 Å². The van der Waals surface area contributed by atoms with E-state index in [9.17, 15) is 4.79 Å². The smallest absolute Gasteiger partial charge is 0.221 e. The maximum atomic E-state index is 11.5. The molecule has 0 fully saturated rings. The van der Waals surface area contributed by atoms with Crippen molar-refractivity contribution in [3.63, 3.8) is 0 Å². The minimum atomic E-state index is -0.245. The average Bonchev–Trinajstić information content (AvgIpc) is 2.20. The zero-order valence-electron chi connectivity index (χ0n) is 12.4. The summed E-state index contributed by atoms with van der Waals surface area (Å²) in [4.78, 5) is 11.5. The number of hydrogen-bond donors (Lipinski definition) is 2. The highest BCUT2D eigenvalue weighted by Crippen LogP contribution is 2.19. The molecule has 2 N–H and O–H groups in total. The monoisotopic (exact) mass is 253 g/mol. The van der Waals surface area contributed by atoms with Crippen molar-refractivity contribution in [2.45, 2.75) is 59.4 Å². The Bertz CT molecular complexity index is 297. The van der Waals surface area contributed by atoms with Crippen molar-refractivity contribution in [2.75, 3.05) is 13.1 Å². The van der Waals surface area contributed by atoms with Crippen LogP contribution in [0, 0.1) is 16.7 Å². The number of rotatable bonds is 7. The lowest BCUT2D eigenvalue weighted by molar-refractivity contribution is -0.122. The van der Waals surface area contributed by atoms with Crippen molar-refractivity contribution in [1.82, 2.24) is 10.6 Å².